The summed E-state index contributed by atoms with van der Waals surface area (Å²) < 4.78 is 28.5. The molecule has 0 radical (unpaired) electrons. The van der Waals surface area contributed by atoms with E-state index in [2.05, 4.69) is 10.2 Å². The van der Waals surface area contributed by atoms with Gasteiger partial charge in [-0.2, -0.15) is 0 Å². The molecule has 0 amide bonds. The van der Waals surface area contributed by atoms with E-state index in [4.69, 9.17) is 0 Å². The van der Waals surface area contributed by atoms with E-state index < -0.39 is 11.6 Å². The number of rotatable bonds is 5. The minimum absolute atomic E-state index is 0.456. The minimum atomic E-state index is -0.853. The first kappa shape index (κ1) is 16.1. The van der Waals surface area contributed by atoms with Crippen molar-refractivity contribution in [3.8, 4) is 11.4 Å². The van der Waals surface area contributed by atoms with E-state index in [0.717, 1.165) is 23.3 Å². The fourth-order valence-electron chi connectivity index (χ4n) is 2.58. The molecule has 1 heterocycles. The molecule has 6 heteroatoms. The van der Waals surface area contributed by atoms with Crippen molar-refractivity contribution in [2.45, 2.75) is 13.5 Å². The molecule has 0 N–H and O–H groups in total. The molecule has 124 valence electrons. The largest absolute Gasteiger partial charge is 0.364 e. The highest BCUT2D eigenvalue weighted by Crippen LogP contribution is 2.21. The second kappa shape index (κ2) is 6.78. The number of hydrogen-bond acceptors (Lipinski definition) is 3. The van der Waals surface area contributed by atoms with Crippen LogP contribution in [0.1, 0.15) is 12.7 Å². The van der Waals surface area contributed by atoms with Crippen LogP contribution in [0.5, 0.6) is 0 Å². The monoisotopic (exact) mass is 328 g/mol. The predicted octanol–water partition coefficient (Wildman–Crippen LogP) is 3.79. The van der Waals surface area contributed by atoms with E-state index in [1.807, 2.05) is 53.8 Å². The van der Waals surface area contributed by atoms with E-state index in [1.165, 1.54) is 6.07 Å². The third kappa shape index (κ3) is 3.13. The Balaban J connectivity index is 1.87. The van der Waals surface area contributed by atoms with Gasteiger partial charge in [-0.15, -0.1) is 10.2 Å². The summed E-state index contributed by atoms with van der Waals surface area (Å²) in [4.78, 5) is 1.92. The average molecular weight is 328 g/mol. The first-order valence-corrected chi connectivity index (χ1v) is 7.74. The summed E-state index contributed by atoms with van der Waals surface area (Å²) >= 11 is 0. The van der Waals surface area contributed by atoms with E-state index in [9.17, 15) is 8.78 Å². The lowest BCUT2D eigenvalue weighted by Crippen LogP contribution is -2.24. The molecule has 0 aliphatic rings. The van der Waals surface area contributed by atoms with Crippen LogP contribution in [0.4, 0.5) is 14.5 Å². The van der Waals surface area contributed by atoms with Crippen LogP contribution in [0.25, 0.3) is 11.4 Å². The standard InChI is InChI=1S/C18H18F2N4/c1-3-24(14-9-10-15(19)16(20)11-14)12-17-21-22-18(23(17)2)13-7-5-4-6-8-13/h4-11H,3,12H2,1-2H3. The van der Waals surface area contributed by atoms with E-state index in [0.29, 0.717) is 18.8 Å². The molecule has 0 atom stereocenters. The van der Waals surface area contributed by atoms with Crippen LogP contribution in [0, 0.1) is 11.6 Å². The van der Waals surface area contributed by atoms with Crippen LogP contribution in [0.2, 0.25) is 0 Å². The molecule has 24 heavy (non-hydrogen) atoms. The van der Waals surface area contributed by atoms with Crippen LogP contribution in [0.15, 0.2) is 48.5 Å². The van der Waals surface area contributed by atoms with Crippen LogP contribution in [-0.4, -0.2) is 21.3 Å². The van der Waals surface area contributed by atoms with Crippen molar-refractivity contribution >= 4 is 5.69 Å². The van der Waals surface area contributed by atoms with Crippen LogP contribution in [0.3, 0.4) is 0 Å². The zero-order valence-corrected chi connectivity index (χ0v) is 13.6. The van der Waals surface area contributed by atoms with Crippen LogP contribution >= 0.6 is 0 Å². The lowest BCUT2D eigenvalue weighted by Gasteiger charge is -2.22. The molecule has 2 aromatic carbocycles. The van der Waals surface area contributed by atoms with Crippen molar-refractivity contribution < 1.29 is 8.78 Å². The quantitative estimate of drug-likeness (QED) is 0.715. The average Bonchev–Trinajstić information content (AvgIpc) is 2.96. The molecule has 0 unspecified atom stereocenters. The van der Waals surface area contributed by atoms with E-state index in [1.54, 1.807) is 6.07 Å². The first-order valence-electron chi connectivity index (χ1n) is 7.74. The van der Waals surface area contributed by atoms with Gasteiger partial charge in [0, 0.05) is 30.9 Å². The zero-order chi connectivity index (χ0) is 17.1. The summed E-state index contributed by atoms with van der Waals surface area (Å²) in [5.74, 6) is -0.180. The highest BCUT2D eigenvalue weighted by molar-refractivity contribution is 5.55. The third-order valence-electron chi connectivity index (χ3n) is 3.98. The van der Waals surface area contributed by atoms with Gasteiger partial charge in [-0.25, -0.2) is 8.78 Å². The van der Waals surface area contributed by atoms with Crippen molar-refractivity contribution in [3.05, 3.63) is 66.0 Å². The van der Waals surface area contributed by atoms with Gasteiger partial charge in [0.1, 0.15) is 0 Å². The predicted molar refractivity (Wildman–Crippen MR) is 89.5 cm³/mol. The van der Waals surface area contributed by atoms with Gasteiger partial charge in [-0.05, 0) is 19.1 Å². The SMILES string of the molecule is CCN(Cc1nnc(-c2ccccc2)n1C)c1ccc(F)c(F)c1. The molecule has 0 aliphatic carbocycles. The van der Waals surface area contributed by atoms with Crippen molar-refractivity contribution in [2.75, 3.05) is 11.4 Å². The summed E-state index contributed by atoms with van der Waals surface area (Å²) in [7, 11) is 1.90. The molecule has 3 aromatic rings. The Bertz CT molecular complexity index is 830. The molecule has 0 saturated heterocycles. The Kier molecular flexibility index (Phi) is 4.55. The van der Waals surface area contributed by atoms with Gasteiger partial charge in [0.05, 0.1) is 6.54 Å². The number of halogens is 2. The summed E-state index contributed by atoms with van der Waals surface area (Å²) in [6.07, 6.45) is 0. The number of aromatic nitrogens is 3. The molecule has 4 nitrogen and oxygen atoms in total. The van der Waals surface area contributed by atoms with Crippen molar-refractivity contribution in [1.29, 1.82) is 0 Å². The van der Waals surface area contributed by atoms with E-state index in [-0.39, 0.29) is 0 Å². The van der Waals surface area contributed by atoms with Gasteiger partial charge in [0.25, 0.3) is 0 Å². The summed E-state index contributed by atoms with van der Waals surface area (Å²) in [6, 6.07) is 13.7. The highest BCUT2D eigenvalue weighted by atomic mass is 19.2. The second-order valence-electron chi connectivity index (χ2n) is 5.48. The molecular weight excluding hydrogens is 310 g/mol. The molecular formula is C18H18F2N4. The summed E-state index contributed by atoms with van der Waals surface area (Å²) in [6.45, 7) is 3.05. The normalized spacial score (nSPS) is 10.8. The second-order valence-corrected chi connectivity index (χ2v) is 5.48. The van der Waals surface area contributed by atoms with Crippen LogP contribution in [-0.2, 0) is 13.6 Å². The molecule has 0 aliphatic heterocycles. The molecule has 0 spiro atoms. The Hall–Kier alpha value is -2.76. The summed E-state index contributed by atoms with van der Waals surface area (Å²) in [5.41, 5.74) is 1.59. The van der Waals surface area contributed by atoms with Gasteiger partial charge in [0.15, 0.2) is 23.3 Å². The smallest absolute Gasteiger partial charge is 0.163 e. The van der Waals surface area contributed by atoms with Gasteiger partial charge in [0.2, 0.25) is 0 Å². The fraction of sp³-hybridized carbons (Fsp3) is 0.222. The van der Waals surface area contributed by atoms with Crippen molar-refractivity contribution in [1.82, 2.24) is 14.8 Å². The third-order valence-corrected chi connectivity index (χ3v) is 3.98. The Morgan fingerprint density at radius 2 is 1.75 bits per heavy atom. The zero-order valence-electron chi connectivity index (χ0n) is 13.6. The lowest BCUT2D eigenvalue weighted by molar-refractivity contribution is 0.508. The van der Waals surface area contributed by atoms with Crippen molar-refractivity contribution in [2.24, 2.45) is 7.05 Å². The molecule has 3 rings (SSSR count). The van der Waals surface area contributed by atoms with Gasteiger partial charge in [-0.3, -0.25) is 0 Å². The maximum absolute atomic E-state index is 13.5. The minimum Gasteiger partial charge on any atom is -0.364 e. The number of hydrogen-bond donors (Lipinski definition) is 0. The number of anilines is 1. The highest BCUT2D eigenvalue weighted by Gasteiger charge is 2.15. The summed E-state index contributed by atoms with van der Waals surface area (Å²) in [5, 5.41) is 8.50. The number of nitrogens with zero attached hydrogens (tertiary/aromatic N) is 4. The molecule has 1 aromatic heterocycles. The van der Waals surface area contributed by atoms with Gasteiger partial charge in [-0.1, -0.05) is 30.3 Å². The Morgan fingerprint density at radius 1 is 1.00 bits per heavy atom. The van der Waals surface area contributed by atoms with E-state index >= 15 is 0 Å². The molecule has 0 bridgehead atoms. The molecule has 0 saturated carbocycles. The fourth-order valence-corrected chi connectivity index (χ4v) is 2.58. The Labute approximate surface area is 139 Å². The van der Waals surface area contributed by atoms with Crippen molar-refractivity contribution in [3.63, 3.8) is 0 Å². The topological polar surface area (TPSA) is 34.0 Å². The lowest BCUT2D eigenvalue weighted by atomic mass is 10.2. The maximum Gasteiger partial charge on any atom is 0.163 e. The molecule has 0 fully saturated rings. The van der Waals surface area contributed by atoms with Gasteiger partial charge < -0.3 is 9.47 Å². The first-order chi connectivity index (χ1) is 11.6. The van der Waals surface area contributed by atoms with Gasteiger partial charge >= 0.3 is 0 Å². The van der Waals surface area contributed by atoms with Crippen LogP contribution < -0.4 is 4.90 Å². The maximum atomic E-state index is 13.5. The number of benzene rings is 2. The Morgan fingerprint density at radius 3 is 2.42 bits per heavy atom.